The molecule has 0 bridgehead atoms. The number of nitrogens with two attached hydrogens (primary N) is 1. The third-order valence-corrected chi connectivity index (χ3v) is 6.37. The fourth-order valence-electron chi connectivity index (χ4n) is 2.61. The maximum absolute atomic E-state index is 12.4. The molecule has 0 aliphatic rings. The number of hydrogen-bond acceptors (Lipinski definition) is 8. The highest BCUT2D eigenvalue weighted by Gasteiger charge is 2.21. The van der Waals surface area contributed by atoms with Crippen molar-refractivity contribution in [2.75, 3.05) is 25.3 Å². The number of nitrogens with one attached hydrogen (secondary N) is 2. The highest BCUT2D eigenvalue weighted by Crippen LogP contribution is 2.40. The number of carbonyl (C=O) groups excluding carboxylic acids is 2. The Labute approximate surface area is 172 Å². The van der Waals surface area contributed by atoms with E-state index in [1.54, 1.807) is 18.2 Å². The second-order valence-electron chi connectivity index (χ2n) is 5.75. The van der Waals surface area contributed by atoms with Crippen molar-refractivity contribution < 1.29 is 24.2 Å². The first-order valence-electron chi connectivity index (χ1n) is 8.17. The lowest BCUT2D eigenvalue weighted by molar-refractivity contribution is -0.113. The summed E-state index contributed by atoms with van der Waals surface area (Å²) in [6.07, 6.45) is 0. The molecule has 3 aromatic rings. The van der Waals surface area contributed by atoms with Crippen LogP contribution in [-0.2, 0) is 4.79 Å². The molecule has 2 heterocycles. The van der Waals surface area contributed by atoms with E-state index in [-0.39, 0.29) is 28.5 Å². The first-order valence-corrected chi connectivity index (χ1v) is 9.97. The highest BCUT2D eigenvalue weighted by molar-refractivity contribution is 8.02. The number of H-pyrrole nitrogens is 1. The minimum Gasteiger partial charge on any atom is -0.506 e. The van der Waals surface area contributed by atoms with Crippen LogP contribution in [0, 0.1) is 0 Å². The monoisotopic (exact) mass is 435 g/mol. The number of aromatic hydroxyl groups is 1. The number of aromatic nitrogens is 1. The molecular formula is C18H17N3O6S2. The van der Waals surface area contributed by atoms with E-state index in [0.717, 1.165) is 29.2 Å². The number of amides is 2. The van der Waals surface area contributed by atoms with Crippen molar-refractivity contribution in [3.8, 4) is 17.2 Å². The summed E-state index contributed by atoms with van der Waals surface area (Å²) >= 11 is 2.13. The van der Waals surface area contributed by atoms with Gasteiger partial charge in [-0.05, 0) is 12.1 Å². The molecule has 0 saturated heterocycles. The van der Waals surface area contributed by atoms with E-state index in [4.69, 9.17) is 15.2 Å². The largest absolute Gasteiger partial charge is 0.506 e. The minimum atomic E-state index is -0.769. The van der Waals surface area contributed by atoms with Crippen LogP contribution in [-0.4, -0.2) is 41.9 Å². The smallest absolute Gasteiger partial charge is 0.252 e. The van der Waals surface area contributed by atoms with E-state index in [2.05, 4.69) is 10.3 Å². The number of thiophene rings is 1. The number of hydrogen-bond donors (Lipinski definition) is 4. The van der Waals surface area contributed by atoms with Crippen LogP contribution in [0.1, 0.15) is 10.4 Å². The molecule has 3 rings (SSSR count). The number of carbonyl (C=O) groups is 2. The molecule has 0 fully saturated rings. The maximum Gasteiger partial charge on any atom is 0.252 e. The van der Waals surface area contributed by atoms with E-state index in [1.807, 2.05) is 0 Å². The first kappa shape index (κ1) is 20.6. The predicted molar refractivity (Wildman–Crippen MR) is 112 cm³/mol. The van der Waals surface area contributed by atoms with Crippen molar-refractivity contribution >= 4 is 50.8 Å². The van der Waals surface area contributed by atoms with Crippen LogP contribution in [0.2, 0.25) is 0 Å². The third kappa shape index (κ3) is 4.30. The van der Waals surface area contributed by atoms with Crippen LogP contribution in [0.4, 0.5) is 5.69 Å². The average Bonchev–Trinajstić information content (AvgIpc) is 3.05. The van der Waals surface area contributed by atoms with Gasteiger partial charge in [-0.25, -0.2) is 0 Å². The van der Waals surface area contributed by atoms with Crippen molar-refractivity contribution in [1.29, 1.82) is 0 Å². The van der Waals surface area contributed by atoms with Gasteiger partial charge < -0.3 is 30.6 Å². The maximum atomic E-state index is 12.4. The fraction of sp³-hybridized carbons (Fsp3) is 0.167. The van der Waals surface area contributed by atoms with E-state index in [9.17, 15) is 19.5 Å². The van der Waals surface area contributed by atoms with E-state index in [1.165, 1.54) is 14.2 Å². The first-order chi connectivity index (χ1) is 13.8. The lowest BCUT2D eigenvalue weighted by Gasteiger charge is -2.11. The highest BCUT2D eigenvalue weighted by atomic mass is 32.2. The molecule has 152 valence electrons. The second kappa shape index (κ2) is 8.45. The number of methoxy groups -OCH3 is 2. The van der Waals surface area contributed by atoms with Gasteiger partial charge in [-0.3, -0.25) is 14.4 Å². The van der Waals surface area contributed by atoms with E-state index in [0.29, 0.717) is 26.1 Å². The molecule has 2 amide bonds. The Balaban J connectivity index is 1.83. The standard InChI is InChI=1S/C18H17N3O6S2/c1-26-8-3-4-11(27-2)9(5-8)20-13(24)7-28-18-14(17(19)25)15-16(29-18)10(22)6-12(23)21-15/h3-6H,7H2,1-2H3,(H2,19,25)(H,20,24)(H2,21,22,23). The van der Waals surface area contributed by atoms with Gasteiger partial charge in [-0.1, -0.05) is 0 Å². The number of fused-ring (bicyclic) bond motifs is 1. The molecule has 0 unspecified atom stereocenters. The summed E-state index contributed by atoms with van der Waals surface area (Å²) in [4.78, 5) is 38.4. The number of thioether (sulfide) groups is 1. The Bertz CT molecular complexity index is 1150. The molecule has 29 heavy (non-hydrogen) atoms. The van der Waals surface area contributed by atoms with Crippen LogP contribution in [0.25, 0.3) is 10.2 Å². The average molecular weight is 435 g/mol. The Hall–Kier alpha value is -3.18. The molecule has 11 heteroatoms. The molecule has 1 aromatic carbocycles. The lowest BCUT2D eigenvalue weighted by atomic mass is 10.2. The van der Waals surface area contributed by atoms with Crippen molar-refractivity contribution in [2.24, 2.45) is 5.73 Å². The summed E-state index contributed by atoms with van der Waals surface area (Å²) in [6.45, 7) is 0. The van der Waals surface area contributed by atoms with Crippen LogP contribution in [0.3, 0.4) is 0 Å². The molecule has 5 N–H and O–H groups in total. The molecule has 0 radical (unpaired) electrons. The topological polar surface area (TPSA) is 144 Å². The van der Waals surface area contributed by atoms with Gasteiger partial charge in [-0.2, -0.15) is 0 Å². The number of aromatic amines is 1. The normalized spacial score (nSPS) is 10.7. The van der Waals surface area contributed by atoms with Gasteiger partial charge in [0.2, 0.25) is 5.91 Å². The summed E-state index contributed by atoms with van der Waals surface area (Å²) in [5, 5.41) is 12.7. The molecule has 0 aliphatic carbocycles. The number of primary amides is 1. The van der Waals surface area contributed by atoms with Gasteiger partial charge in [0.1, 0.15) is 17.2 Å². The van der Waals surface area contributed by atoms with E-state index < -0.39 is 11.5 Å². The van der Waals surface area contributed by atoms with Gasteiger partial charge in [-0.15, -0.1) is 23.1 Å². The SMILES string of the molecule is COc1ccc(OC)c(NC(=O)CSc2sc3c(O)cc(=O)[nH]c3c2C(N)=O)c1. The Morgan fingerprint density at radius 1 is 1.28 bits per heavy atom. The van der Waals surface area contributed by atoms with Gasteiger partial charge in [0.05, 0.1) is 45.6 Å². The van der Waals surface area contributed by atoms with Crippen LogP contribution < -0.4 is 26.1 Å². The Morgan fingerprint density at radius 2 is 2.03 bits per heavy atom. The van der Waals surface area contributed by atoms with Crippen LogP contribution in [0.15, 0.2) is 33.3 Å². The zero-order valence-electron chi connectivity index (χ0n) is 15.4. The molecule has 2 aromatic heterocycles. The summed E-state index contributed by atoms with van der Waals surface area (Å²) < 4.78 is 11.1. The lowest BCUT2D eigenvalue weighted by Crippen LogP contribution is -2.16. The van der Waals surface area contributed by atoms with Crippen molar-refractivity contribution in [3.05, 3.63) is 40.2 Å². The predicted octanol–water partition coefficient (Wildman–Crippen LogP) is 2.14. The second-order valence-corrected chi connectivity index (χ2v) is 8.02. The summed E-state index contributed by atoms with van der Waals surface area (Å²) in [5.74, 6) is -0.408. The molecule has 0 spiro atoms. The quantitative estimate of drug-likeness (QED) is 0.416. The van der Waals surface area contributed by atoms with Crippen LogP contribution in [0.5, 0.6) is 17.2 Å². The van der Waals surface area contributed by atoms with Crippen molar-refractivity contribution in [1.82, 2.24) is 4.98 Å². The molecule has 0 saturated carbocycles. The zero-order valence-corrected chi connectivity index (χ0v) is 17.0. The summed E-state index contributed by atoms with van der Waals surface area (Å²) in [5.41, 5.74) is 5.54. The van der Waals surface area contributed by atoms with Gasteiger partial charge in [0.25, 0.3) is 11.5 Å². The van der Waals surface area contributed by atoms with Crippen LogP contribution >= 0.6 is 23.1 Å². The number of rotatable bonds is 7. The number of pyridine rings is 1. The van der Waals surface area contributed by atoms with Gasteiger partial charge in [0, 0.05) is 12.1 Å². The van der Waals surface area contributed by atoms with Gasteiger partial charge in [0.15, 0.2) is 0 Å². The third-order valence-electron chi connectivity index (χ3n) is 3.89. The Kier molecular flexibility index (Phi) is 5.99. The summed E-state index contributed by atoms with van der Waals surface area (Å²) in [7, 11) is 2.99. The molecule has 9 nitrogen and oxygen atoms in total. The van der Waals surface area contributed by atoms with Crippen molar-refractivity contribution in [2.45, 2.75) is 4.21 Å². The summed E-state index contributed by atoms with van der Waals surface area (Å²) in [6, 6.07) is 6.00. The minimum absolute atomic E-state index is 0.0432. The zero-order chi connectivity index (χ0) is 21.1. The Morgan fingerprint density at radius 3 is 2.69 bits per heavy atom. The molecule has 0 atom stereocenters. The molecular weight excluding hydrogens is 418 g/mol. The van der Waals surface area contributed by atoms with Gasteiger partial charge >= 0.3 is 0 Å². The number of anilines is 1. The van der Waals surface area contributed by atoms with Crippen molar-refractivity contribution in [3.63, 3.8) is 0 Å². The molecule has 0 aliphatic heterocycles. The fourth-order valence-corrected chi connectivity index (χ4v) is 4.87. The number of benzene rings is 1. The number of ether oxygens (including phenoxy) is 2. The van der Waals surface area contributed by atoms with E-state index >= 15 is 0 Å².